The van der Waals surface area contributed by atoms with E-state index in [2.05, 4.69) is 0 Å². The van der Waals surface area contributed by atoms with Crippen LogP contribution in [0.2, 0.25) is 0 Å². The highest BCUT2D eigenvalue weighted by molar-refractivity contribution is 5.16. The van der Waals surface area contributed by atoms with Gasteiger partial charge in [-0.2, -0.15) is 5.12 Å². The van der Waals surface area contributed by atoms with Gasteiger partial charge in [0.25, 0.3) is 0 Å². The van der Waals surface area contributed by atoms with Crippen LogP contribution in [-0.2, 0) is 6.54 Å². The average Bonchev–Trinajstić information content (AvgIpc) is 1.93. The van der Waals surface area contributed by atoms with Gasteiger partial charge in [0.1, 0.15) is 5.82 Å². The standard InChI is InChI=1S/C7H10FN3/c8-7-4-2-1-3-6(7)5-11(9)10/h1-4H,5,9-10H2. The van der Waals surface area contributed by atoms with E-state index in [9.17, 15) is 4.39 Å². The zero-order chi connectivity index (χ0) is 8.27. The molecule has 0 saturated carbocycles. The van der Waals surface area contributed by atoms with E-state index in [-0.39, 0.29) is 12.4 Å². The number of rotatable bonds is 2. The first-order valence-corrected chi connectivity index (χ1v) is 3.20. The number of nitrogens with two attached hydrogens (primary N) is 2. The molecule has 1 rings (SSSR count). The highest BCUT2D eigenvalue weighted by atomic mass is 19.1. The molecular formula is C7H10FN3. The lowest BCUT2D eigenvalue weighted by molar-refractivity contribution is 0.281. The Labute approximate surface area is 64.3 Å². The summed E-state index contributed by atoms with van der Waals surface area (Å²) in [6.45, 7) is 0.215. The van der Waals surface area contributed by atoms with Gasteiger partial charge in [0.15, 0.2) is 0 Å². The van der Waals surface area contributed by atoms with E-state index in [0.717, 1.165) is 5.12 Å². The number of nitrogens with zero attached hydrogens (tertiary/aromatic N) is 1. The first-order chi connectivity index (χ1) is 5.20. The molecule has 0 unspecified atom stereocenters. The Balaban J connectivity index is 2.78. The molecule has 0 heterocycles. The van der Waals surface area contributed by atoms with Gasteiger partial charge in [-0.15, -0.1) is 0 Å². The highest BCUT2D eigenvalue weighted by Crippen LogP contribution is 2.06. The van der Waals surface area contributed by atoms with E-state index in [1.54, 1.807) is 18.2 Å². The predicted molar refractivity (Wildman–Crippen MR) is 40.3 cm³/mol. The molecule has 11 heavy (non-hydrogen) atoms. The average molecular weight is 155 g/mol. The molecule has 0 bridgehead atoms. The van der Waals surface area contributed by atoms with E-state index in [1.807, 2.05) is 0 Å². The number of halogens is 1. The second kappa shape index (κ2) is 3.43. The second-order valence-corrected chi connectivity index (χ2v) is 2.26. The van der Waals surface area contributed by atoms with Crippen LogP contribution in [-0.4, -0.2) is 5.12 Å². The molecule has 4 N–H and O–H groups in total. The molecule has 0 aliphatic carbocycles. The molecule has 1 aromatic rings. The Hall–Kier alpha value is -0.970. The van der Waals surface area contributed by atoms with Crippen LogP contribution in [0.1, 0.15) is 5.56 Å². The quantitative estimate of drug-likeness (QED) is 0.479. The van der Waals surface area contributed by atoms with Crippen molar-refractivity contribution in [3.8, 4) is 0 Å². The van der Waals surface area contributed by atoms with E-state index < -0.39 is 0 Å². The maximum Gasteiger partial charge on any atom is 0.127 e. The summed E-state index contributed by atoms with van der Waals surface area (Å²) in [6, 6.07) is 6.37. The monoisotopic (exact) mass is 155 g/mol. The minimum Gasteiger partial charge on any atom is -0.255 e. The van der Waals surface area contributed by atoms with Gasteiger partial charge in [-0.05, 0) is 6.07 Å². The molecule has 0 aliphatic rings. The molecule has 0 aliphatic heterocycles. The molecular weight excluding hydrogens is 145 g/mol. The summed E-state index contributed by atoms with van der Waals surface area (Å²) in [6.07, 6.45) is 0. The molecule has 0 amide bonds. The van der Waals surface area contributed by atoms with Gasteiger partial charge < -0.3 is 0 Å². The minimum atomic E-state index is -0.284. The Morgan fingerprint density at radius 2 is 1.91 bits per heavy atom. The van der Waals surface area contributed by atoms with Crippen LogP contribution >= 0.6 is 0 Å². The second-order valence-electron chi connectivity index (χ2n) is 2.26. The van der Waals surface area contributed by atoms with Crippen LogP contribution in [0.3, 0.4) is 0 Å². The van der Waals surface area contributed by atoms with Crippen molar-refractivity contribution in [3.63, 3.8) is 0 Å². The summed E-state index contributed by atoms with van der Waals surface area (Å²) in [7, 11) is 0. The molecule has 3 nitrogen and oxygen atoms in total. The Morgan fingerprint density at radius 1 is 1.27 bits per heavy atom. The summed E-state index contributed by atoms with van der Waals surface area (Å²) in [5.74, 6) is 9.99. The van der Waals surface area contributed by atoms with Crippen molar-refractivity contribution >= 4 is 0 Å². The molecule has 1 aromatic carbocycles. The molecule has 0 spiro atoms. The van der Waals surface area contributed by atoms with Gasteiger partial charge in [-0.25, -0.2) is 4.39 Å². The van der Waals surface area contributed by atoms with Crippen molar-refractivity contribution in [1.29, 1.82) is 0 Å². The first-order valence-electron chi connectivity index (χ1n) is 3.20. The number of hydrogen-bond acceptors (Lipinski definition) is 3. The van der Waals surface area contributed by atoms with E-state index in [0.29, 0.717) is 5.56 Å². The summed E-state index contributed by atoms with van der Waals surface area (Å²) in [5, 5.41) is 0.943. The molecule has 0 aromatic heterocycles. The third kappa shape index (κ3) is 2.27. The van der Waals surface area contributed by atoms with E-state index in [1.165, 1.54) is 6.07 Å². The normalized spacial score (nSPS) is 10.5. The topological polar surface area (TPSA) is 55.3 Å². The molecule has 60 valence electrons. The molecule has 0 fully saturated rings. The van der Waals surface area contributed by atoms with E-state index in [4.69, 9.17) is 11.7 Å². The van der Waals surface area contributed by atoms with Gasteiger partial charge in [-0.1, -0.05) is 18.2 Å². The minimum absolute atomic E-state index is 0.215. The Morgan fingerprint density at radius 3 is 2.45 bits per heavy atom. The fraction of sp³-hybridized carbons (Fsp3) is 0.143. The lowest BCUT2D eigenvalue weighted by Crippen LogP contribution is -2.37. The summed E-state index contributed by atoms with van der Waals surface area (Å²) in [5.41, 5.74) is 0.498. The van der Waals surface area contributed by atoms with Gasteiger partial charge >= 0.3 is 0 Å². The number of benzene rings is 1. The summed E-state index contributed by atoms with van der Waals surface area (Å²) in [4.78, 5) is 0. The SMILES string of the molecule is NN(N)Cc1ccccc1F. The van der Waals surface area contributed by atoms with Crippen LogP contribution < -0.4 is 11.7 Å². The number of hydrogen-bond donors (Lipinski definition) is 2. The predicted octanol–water partition coefficient (Wildman–Crippen LogP) is 0.375. The molecule has 0 radical (unpaired) electrons. The maximum atomic E-state index is 12.8. The van der Waals surface area contributed by atoms with Gasteiger partial charge in [0.2, 0.25) is 0 Å². The highest BCUT2D eigenvalue weighted by Gasteiger charge is 2.00. The molecule has 4 heteroatoms. The van der Waals surface area contributed by atoms with Crippen molar-refractivity contribution < 1.29 is 4.39 Å². The summed E-state index contributed by atoms with van der Waals surface area (Å²) < 4.78 is 12.8. The maximum absolute atomic E-state index is 12.8. The van der Waals surface area contributed by atoms with Gasteiger partial charge in [-0.3, -0.25) is 11.7 Å². The van der Waals surface area contributed by atoms with Crippen molar-refractivity contribution in [2.45, 2.75) is 6.54 Å². The van der Waals surface area contributed by atoms with Crippen molar-refractivity contribution in [2.75, 3.05) is 0 Å². The molecule has 0 saturated heterocycles. The third-order valence-electron chi connectivity index (χ3n) is 1.31. The summed E-state index contributed by atoms with van der Waals surface area (Å²) >= 11 is 0. The van der Waals surface area contributed by atoms with Crippen LogP contribution in [0.25, 0.3) is 0 Å². The van der Waals surface area contributed by atoms with Gasteiger partial charge in [0, 0.05) is 5.56 Å². The fourth-order valence-electron chi connectivity index (χ4n) is 0.823. The number of hydrazine groups is 2. The first kappa shape index (κ1) is 8.13. The fourth-order valence-corrected chi connectivity index (χ4v) is 0.823. The zero-order valence-corrected chi connectivity index (χ0v) is 6.00. The Bertz CT molecular complexity index is 237. The lowest BCUT2D eigenvalue weighted by Gasteiger charge is -2.08. The van der Waals surface area contributed by atoms with Crippen LogP contribution in [0.15, 0.2) is 24.3 Å². The van der Waals surface area contributed by atoms with Crippen molar-refractivity contribution in [1.82, 2.24) is 5.12 Å². The van der Waals surface area contributed by atoms with Crippen molar-refractivity contribution in [2.24, 2.45) is 11.7 Å². The van der Waals surface area contributed by atoms with E-state index >= 15 is 0 Å². The lowest BCUT2D eigenvalue weighted by atomic mass is 10.2. The van der Waals surface area contributed by atoms with Crippen molar-refractivity contribution in [3.05, 3.63) is 35.6 Å². The third-order valence-corrected chi connectivity index (χ3v) is 1.31. The zero-order valence-electron chi connectivity index (χ0n) is 6.00. The van der Waals surface area contributed by atoms with Crippen LogP contribution in [0, 0.1) is 5.82 Å². The van der Waals surface area contributed by atoms with Gasteiger partial charge in [0.05, 0.1) is 6.54 Å². The largest absolute Gasteiger partial charge is 0.255 e. The van der Waals surface area contributed by atoms with Crippen LogP contribution in [0.5, 0.6) is 0 Å². The van der Waals surface area contributed by atoms with Crippen LogP contribution in [0.4, 0.5) is 4.39 Å². The Kier molecular flexibility index (Phi) is 2.53. The molecule has 0 atom stereocenters. The smallest absolute Gasteiger partial charge is 0.127 e.